The maximum absolute atomic E-state index is 12.8. The van der Waals surface area contributed by atoms with Crippen LogP contribution in [0.15, 0.2) is 53.5 Å². The molecule has 1 aromatic carbocycles. The SMILES string of the molecule is COc1cc(OC)cc(C(NC(=O)c2cncc(Br)c2)c2nccn2C)c1. The first kappa shape index (κ1) is 18.9. The van der Waals surface area contributed by atoms with Gasteiger partial charge in [0.05, 0.1) is 19.8 Å². The van der Waals surface area contributed by atoms with Crippen molar-refractivity contribution >= 4 is 21.8 Å². The molecule has 3 aromatic rings. The van der Waals surface area contributed by atoms with Crippen molar-refractivity contribution in [1.29, 1.82) is 0 Å². The maximum atomic E-state index is 12.8. The second kappa shape index (κ2) is 8.22. The molecule has 0 fully saturated rings. The molecule has 2 heterocycles. The number of aryl methyl sites for hydroxylation is 1. The fraction of sp³-hybridized carbons (Fsp3) is 0.211. The third-order valence-electron chi connectivity index (χ3n) is 4.07. The molecule has 0 saturated heterocycles. The number of nitrogens with one attached hydrogen (secondary N) is 1. The molecule has 1 atom stereocenters. The number of carbonyl (C=O) groups is 1. The van der Waals surface area contributed by atoms with Crippen LogP contribution in [0.2, 0.25) is 0 Å². The van der Waals surface area contributed by atoms with Crippen molar-refractivity contribution < 1.29 is 14.3 Å². The summed E-state index contributed by atoms with van der Waals surface area (Å²) in [4.78, 5) is 21.3. The number of methoxy groups -OCH3 is 2. The predicted octanol–water partition coefficient (Wildman–Crippen LogP) is 3.11. The summed E-state index contributed by atoms with van der Waals surface area (Å²) in [6.45, 7) is 0. The van der Waals surface area contributed by atoms with E-state index in [0.29, 0.717) is 22.9 Å². The topological polar surface area (TPSA) is 78.3 Å². The number of pyridine rings is 1. The number of ether oxygens (including phenoxy) is 2. The molecule has 7 nitrogen and oxygen atoms in total. The van der Waals surface area contributed by atoms with Crippen molar-refractivity contribution in [2.45, 2.75) is 6.04 Å². The number of rotatable bonds is 6. The summed E-state index contributed by atoms with van der Waals surface area (Å²) < 4.78 is 13.3. The van der Waals surface area contributed by atoms with Crippen LogP contribution in [-0.2, 0) is 7.05 Å². The van der Waals surface area contributed by atoms with E-state index in [9.17, 15) is 4.79 Å². The first-order valence-electron chi connectivity index (χ1n) is 8.13. The minimum atomic E-state index is -0.500. The summed E-state index contributed by atoms with van der Waals surface area (Å²) in [6.07, 6.45) is 6.65. The Morgan fingerprint density at radius 3 is 2.41 bits per heavy atom. The van der Waals surface area contributed by atoms with E-state index in [4.69, 9.17) is 9.47 Å². The van der Waals surface area contributed by atoms with Crippen molar-refractivity contribution in [3.8, 4) is 11.5 Å². The Bertz CT molecular complexity index is 935. The van der Waals surface area contributed by atoms with Gasteiger partial charge in [0.2, 0.25) is 0 Å². The highest BCUT2D eigenvalue weighted by molar-refractivity contribution is 9.10. The molecular weight excluding hydrogens is 412 g/mol. The van der Waals surface area contributed by atoms with Crippen LogP contribution in [0.4, 0.5) is 0 Å². The highest BCUT2D eigenvalue weighted by Gasteiger charge is 2.23. The molecule has 8 heteroatoms. The largest absolute Gasteiger partial charge is 0.497 e. The molecule has 0 spiro atoms. The molecule has 0 aliphatic carbocycles. The molecule has 27 heavy (non-hydrogen) atoms. The third-order valence-corrected chi connectivity index (χ3v) is 4.50. The lowest BCUT2D eigenvalue weighted by molar-refractivity contribution is 0.0940. The van der Waals surface area contributed by atoms with Gasteiger partial charge in [-0.2, -0.15) is 0 Å². The number of imidazole rings is 1. The molecule has 1 unspecified atom stereocenters. The number of benzene rings is 1. The highest BCUT2D eigenvalue weighted by atomic mass is 79.9. The second-order valence-electron chi connectivity index (χ2n) is 5.84. The fourth-order valence-electron chi connectivity index (χ4n) is 2.70. The van der Waals surface area contributed by atoms with E-state index in [2.05, 4.69) is 31.2 Å². The number of carbonyl (C=O) groups excluding carboxylic acids is 1. The zero-order valence-corrected chi connectivity index (χ0v) is 16.7. The normalized spacial score (nSPS) is 11.7. The van der Waals surface area contributed by atoms with E-state index >= 15 is 0 Å². The van der Waals surface area contributed by atoms with Crippen LogP contribution in [0.25, 0.3) is 0 Å². The number of halogens is 1. The predicted molar refractivity (Wildman–Crippen MR) is 104 cm³/mol. The van der Waals surface area contributed by atoms with E-state index in [-0.39, 0.29) is 5.91 Å². The summed E-state index contributed by atoms with van der Waals surface area (Å²) >= 11 is 3.34. The Kier molecular flexibility index (Phi) is 5.75. The summed E-state index contributed by atoms with van der Waals surface area (Å²) in [5.41, 5.74) is 1.23. The zero-order valence-electron chi connectivity index (χ0n) is 15.1. The molecule has 0 aliphatic heterocycles. The Morgan fingerprint density at radius 2 is 1.85 bits per heavy atom. The number of amides is 1. The lowest BCUT2D eigenvalue weighted by Crippen LogP contribution is -2.31. The minimum Gasteiger partial charge on any atom is -0.497 e. The van der Waals surface area contributed by atoms with E-state index in [0.717, 1.165) is 10.0 Å². The van der Waals surface area contributed by atoms with Crippen molar-refractivity contribution in [3.63, 3.8) is 0 Å². The van der Waals surface area contributed by atoms with Gasteiger partial charge in [-0.1, -0.05) is 0 Å². The number of nitrogens with zero attached hydrogens (tertiary/aromatic N) is 3. The van der Waals surface area contributed by atoms with Gasteiger partial charge in [-0.05, 0) is 39.7 Å². The molecule has 1 N–H and O–H groups in total. The molecule has 0 bridgehead atoms. The van der Waals surface area contributed by atoms with Gasteiger partial charge >= 0.3 is 0 Å². The van der Waals surface area contributed by atoms with Crippen molar-refractivity contribution in [3.05, 3.63) is 70.5 Å². The van der Waals surface area contributed by atoms with Crippen LogP contribution in [0.3, 0.4) is 0 Å². The minimum absolute atomic E-state index is 0.265. The fourth-order valence-corrected chi connectivity index (χ4v) is 3.06. The molecule has 0 aliphatic rings. The number of hydrogen-bond donors (Lipinski definition) is 1. The first-order chi connectivity index (χ1) is 13.0. The number of hydrogen-bond acceptors (Lipinski definition) is 5. The van der Waals surface area contributed by atoms with Crippen molar-refractivity contribution in [2.24, 2.45) is 7.05 Å². The summed E-state index contributed by atoms with van der Waals surface area (Å²) in [6, 6.07) is 6.69. The van der Waals surface area contributed by atoms with Gasteiger partial charge in [-0.15, -0.1) is 0 Å². The van der Waals surface area contributed by atoms with Gasteiger partial charge in [0, 0.05) is 42.4 Å². The van der Waals surface area contributed by atoms with Gasteiger partial charge in [0.1, 0.15) is 23.4 Å². The molecule has 2 aromatic heterocycles. The Labute approximate surface area is 165 Å². The lowest BCUT2D eigenvalue weighted by Gasteiger charge is -2.20. The molecule has 0 radical (unpaired) electrons. The average molecular weight is 431 g/mol. The van der Waals surface area contributed by atoms with Gasteiger partial charge in [0.15, 0.2) is 0 Å². The summed E-state index contributed by atoms with van der Waals surface area (Å²) in [5, 5.41) is 3.03. The Morgan fingerprint density at radius 1 is 1.15 bits per heavy atom. The Hall–Kier alpha value is -2.87. The first-order valence-corrected chi connectivity index (χ1v) is 8.92. The average Bonchev–Trinajstić information content (AvgIpc) is 3.11. The van der Waals surface area contributed by atoms with Crippen LogP contribution >= 0.6 is 15.9 Å². The van der Waals surface area contributed by atoms with Crippen LogP contribution in [-0.4, -0.2) is 34.7 Å². The van der Waals surface area contributed by atoms with E-state index < -0.39 is 6.04 Å². The molecule has 1 amide bonds. The highest BCUT2D eigenvalue weighted by Crippen LogP contribution is 2.29. The van der Waals surface area contributed by atoms with Crippen LogP contribution in [0, 0.1) is 0 Å². The lowest BCUT2D eigenvalue weighted by atomic mass is 10.0. The van der Waals surface area contributed by atoms with E-state index in [1.54, 1.807) is 38.7 Å². The second-order valence-corrected chi connectivity index (χ2v) is 6.76. The summed E-state index contributed by atoms with van der Waals surface area (Å²) in [5.74, 6) is 1.67. The monoisotopic (exact) mass is 430 g/mol. The van der Waals surface area contributed by atoms with Gasteiger partial charge in [-0.25, -0.2) is 4.98 Å². The molecular formula is C19H19BrN4O3. The third kappa shape index (κ3) is 4.28. The molecule has 140 valence electrons. The van der Waals surface area contributed by atoms with Gasteiger partial charge in [-0.3, -0.25) is 9.78 Å². The zero-order chi connectivity index (χ0) is 19.4. The standard InChI is InChI=1S/C19H19BrN4O3/c1-24-5-4-22-18(24)17(12-7-15(26-2)9-16(8-12)27-3)23-19(25)13-6-14(20)11-21-10-13/h4-11,17H,1-3H3,(H,23,25). The van der Waals surface area contributed by atoms with Crippen LogP contribution in [0.1, 0.15) is 27.8 Å². The van der Waals surface area contributed by atoms with E-state index in [1.165, 1.54) is 6.20 Å². The van der Waals surface area contributed by atoms with Crippen LogP contribution in [0.5, 0.6) is 11.5 Å². The maximum Gasteiger partial charge on any atom is 0.253 e. The Balaban J connectivity index is 2.02. The molecule has 3 rings (SSSR count). The van der Waals surface area contributed by atoms with Crippen LogP contribution < -0.4 is 14.8 Å². The summed E-state index contributed by atoms with van der Waals surface area (Å²) in [7, 11) is 5.04. The van der Waals surface area contributed by atoms with Crippen molar-refractivity contribution in [2.75, 3.05) is 14.2 Å². The quantitative estimate of drug-likeness (QED) is 0.649. The van der Waals surface area contributed by atoms with Gasteiger partial charge in [0.25, 0.3) is 5.91 Å². The smallest absolute Gasteiger partial charge is 0.253 e. The van der Waals surface area contributed by atoms with E-state index in [1.807, 2.05) is 29.9 Å². The molecule has 0 saturated carbocycles. The number of aromatic nitrogens is 3. The van der Waals surface area contributed by atoms with Gasteiger partial charge < -0.3 is 19.4 Å². The van der Waals surface area contributed by atoms with Crippen molar-refractivity contribution in [1.82, 2.24) is 19.9 Å².